The number of methoxy groups -OCH3 is 1. The van der Waals surface area contributed by atoms with Gasteiger partial charge in [0.05, 0.1) is 7.11 Å². The van der Waals surface area contributed by atoms with Crippen LogP contribution >= 0.6 is 0 Å². The van der Waals surface area contributed by atoms with Gasteiger partial charge in [-0.3, -0.25) is 0 Å². The predicted octanol–water partition coefficient (Wildman–Crippen LogP) is 2.53. The van der Waals surface area contributed by atoms with Gasteiger partial charge in [0.1, 0.15) is 23.3 Å². The third kappa shape index (κ3) is 2.28. The van der Waals surface area contributed by atoms with Gasteiger partial charge >= 0.3 is 0 Å². The van der Waals surface area contributed by atoms with E-state index >= 15 is 0 Å². The fraction of sp³-hybridized carbons (Fsp3) is 0.267. The van der Waals surface area contributed by atoms with Gasteiger partial charge in [-0.05, 0) is 43.5 Å². The van der Waals surface area contributed by atoms with Crippen LogP contribution in [0.4, 0.5) is 5.82 Å². The molecule has 0 aliphatic carbocycles. The molecule has 0 saturated heterocycles. The van der Waals surface area contributed by atoms with Crippen LogP contribution in [-0.2, 0) is 0 Å². The third-order valence-electron chi connectivity index (χ3n) is 3.33. The Bertz CT molecular complexity index is 717. The average Bonchev–Trinajstić information content (AvgIpc) is 2.42. The lowest BCUT2D eigenvalue weighted by molar-refractivity contribution is 0.408. The highest BCUT2D eigenvalue weighted by Crippen LogP contribution is 2.33. The highest BCUT2D eigenvalue weighted by molar-refractivity contribution is 5.68. The van der Waals surface area contributed by atoms with Crippen molar-refractivity contribution in [1.29, 1.82) is 5.26 Å². The van der Waals surface area contributed by atoms with Crippen LogP contribution in [0.2, 0.25) is 0 Å². The lowest BCUT2D eigenvalue weighted by atomic mass is 9.98. The van der Waals surface area contributed by atoms with Crippen molar-refractivity contribution in [2.45, 2.75) is 20.8 Å². The highest BCUT2D eigenvalue weighted by atomic mass is 16.5. The topological polar surface area (TPSA) is 84.8 Å². The van der Waals surface area contributed by atoms with E-state index in [2.05, 4.69) is 9.97 Å². The molecular formula is C15H16N4O. The zero-order valence-electron chi connectivity index (χ0n) is 12.0. The van der Waals surface area contributed by atoms with Gasteiger partial charge in [-0.2, -0.15) is 5.26 Å². The number of nitrogens with two attached hydrogens (primary N) is 1. The predicted molar refractivity (Wildman–Crippen MR) is 77.4 cm³/mol. The Labute approximate surface area is 118 Å². The summed E-state index contributed by atoms with van der Waals surface area (Å²) in [5.74, 6) is 1.61. The summed E-state index contributed by atoms with van der Waals surface area (Å²) < 4.78 is 5.40. The number of nitriles is 1. The van der Waals surface area contributed by atoms with Crippen LogP contribution in [0.15, 0.2) is 12.1 Å². The Kier molecular flexibility index (Phi) is 3.57. The van der Waals surface area contributed by atoms with Crippen molar-refractivity contribution >= 4 is 5.82 Å². The van der Waals surface area contributed by atoms with E-state index in [9.17, 15) is 0 Å². The molecule has 0 saturated carbocycles. The number of aromatic nitrogens is 2. The molecule has 5 nitrogen and oxygen atoms in total. The van der Waals surface area contributed by atoms with Gasteiger partial charge in [0.25, 0.3) is 0 Å². The molecule has 0 radical (unpaired) electrons. The molecule has 0 bridgehead atoms. The summed E-state index contributed by atoms with van der Waals surface area (Å²) in [6.07, 6.45) is 0. The van der Waals surface area contributed by atoms with E-state index in [0.29, 0.717) is 5.82 Å². The van der Waals surface area contributed by atoms with E-state index < -0.39 is 0 Å². The quantitative estimate of drug-likeness (QED) is 0.904. The van der Waals surface area contributed by atoms with Crippen molar-refractivity contribution < 1.29 is 4.74 Å². The zero-order valence-corrected chi connectivity index (χ0v) is 12.0. The molecule has 0 atom stereocenters. The van der Waals surface area contributed by atoms with E-state index in [1.54, 1.807) is 7.11 Å². The molecule has 0 aliphatic heterocycles. The highest BCUT2D eigenvalue weighted by Gasteiger charge is 2.14. The average molecular weight is 268 g/mol. The van der Waals surface area contributed by atoms with Crippen LogP contribution in [0.1, 0.15) is 22.4 Å². The van der Waals surface area contributed by atoms with Crippen LogP contribution in [0.3, 0.4) is 0 Å². The van der Waals surface area contributed by atoms with Crippen LogP contribution in [-0.4, -0.2) is 17.1 Å². The fourth-order valence-corrected chi connectivity index (χ4v) is 2.25. The Morgan fingerprint density at radius 2 is 1.85 bits per heavy atom. The summed E-state index contributed by atoms with van der Waals surface area (Å²) in [5.41, 5.74) is 9.90. The first-order valence-corrected chi connectivity index (χ1v) is 6.17. The number of nitrogens with zero attached hydrogens (tertiary/aromatic N) is 3. The van der Waals surface area contributed by atoms with Gasteiger partial charge < -0.3 is 10.5 Å². The summed E-state index contributed by atoms with van der Waals surface area (Å²) in [6, 6.07) is 5.41. The first kappa shape index (κ1) is 13.8. The minimum absolute atomic E-state index is 0.262. The summed E-state index contributed by atoms with van der Waals surface area (Å²) in [4.78, 5) is 8.45. The fourth-order valence-electron chi connectivity index (χ4n) is 2.25. The molecule has 102 valence electrons. The second-order valence-electron chi connectivity index (χ2n) is 4.64. The Morgan fingerprint density at radius 3 is 2.45 bits per heavy atom. The monoisotopic (exact) mass is 268 g/mol. The molecule has 5 heteroatoms. The number of anilines is 1. The molecule has 0 amide bonds. The summed E-state index contributed by atoms with van der Waals surface area (Å²) in [6.45, 7) is 5.93. The molecule has 2 rings (SSSR count). The molecule has 1 heterocycles. The van der Waals surface area contributed by atoms with Crippen molar-refractivity contribution in [1.82, 2.24) is 9.97 Å². The molecule has 1 aromatic carbocycles. The first-order chi connectivity index (χ1) is 9.47. The van der Waals surface area contributed by atoms with E-state index in [1.807, 2.05) is 32.9 Å². The van der Waals surface area contributed by atoms with Gasteiger partial charge in [0.2, 0.25) is 0 Å². The minimum atomic E-state index is 0.262. The number of hydrogen-bond acceptors (Lipinski definition) is 5. The standard InChI is InChI=1S/C15H16N4O/c1-8-5-12(9(2)10(3)14(8)20-4)15-18-11(7-16)6-13(17)19-15/h5-6H,1-4H3,(H2,17,18,19). The zero-order chi connectivity index (χ0) is 14.9. The SMILES string of the molecule is COc1c(C)cc(-c2nc(N)cc(C#N)n2)c(C)c1C. The van der Waals surface area contributed by atoms with E-state index in [-0.39, 0.29) is 11.5 Å². The maximum atomic E-state index is 8.98. The number of rotatable bonds is 2. The van der Waals surface area contributed by atoms with Crippen molar-refractivity contribution in [2.75, 3.05) is 12.8 Å². The minimum Gasteiger partial charge on any atom is -0.496 e. The number of nitrogen functional groups attached to an aromatic ring is 1. The Hall–Kier alpha value is -2.61. The lowest BCUT2D eigenvalue weighted by Gasteiger charge is -2.15. The molecule has 0 fully saturated rings. The van der Waals surface area contributed by atoms with Gasteiger partial charge in [-0.25, -0.2) is 9.97 Å². The smallest absolute Gasteiger partial charge is 0.163 e. The van der Waals surface area contributed by atoms with Gasteiger partial charge in [-0.1, -0.05) is 0 Å². The normalized spacial score (nSPS) is 10.2. The Morgan fingerprint density at radius 1 is 1.15 bits per heavy atom. The lowest BCUT2D eigenvalue weighted by Crippen LogP contribution is -2.02. The number of benzene rings is 1. The molecule has 0 unspecified atom stereocenters. The second kappa shape index (κ2) is 5.17. The number of aryl methyl sites for hydroxylation is 1. The molecule has 2 N–H and O–H groups in total. The summed E-state index contributed by atoms with van der Waals surface area (Å²) in [7, 11) is 1.65. The number of ether oxygens (including phenoxy) is 1. The van der Waals surface area contributed by atoms with Gasteiger partial charge in [-0.15, -0.1) is 0 Å². The molecule has 0 aliphatic rings. The van der Waals surface area contributed by atoms with Crippen molar-refractivity contribution in [2.24, 2.45) is 0 Å². The van der Waals surface area contributed by atoms with E-state index in [0.717, 1.165) is 28.0 Å². The molecular weight excluding hydrogens is 252 g/mol. The van der Waals surface area contributed by atoms with E-state index in [1.165, 1.54) is 6.07 Å². The summed E-state index contributed by atoms with van der Waals surface area (Å²) in [5, 5.41) is 8.98. The maximum absolute atomic E-state index is 8.98. The molecule has 20 heavy (non-hydrogen) atoms. The van der Waals surface area contributed by atoms with Crippen LogP contribution < -0.4 is 10.5 Å². The molecule has 0 spiro atoms. The number of hydrogen-bond donors (Lipinski definition) is 1. The van der Waals surface area contributed by atoms with E-state index in [4.69, 9.17) is 15.7 Å². The van der Waals surface area contributed by atoms with Crippen LogP contribution in [0.5, 0.6) is 5.75 Å². The molecule has 1 aromatic heterocycles. The second-order valence-corrected chi connectivity index (χ2v) is 4.64. The summed E-state index contributed by atoms with van der Waals surface area (Å²) >= 11 is 0. The van der Waals surface area contributed by atoms with Crippen molar-refractivity contribution in [3.05, 3.63) is 34.5 Å². The van der Waals surface area contributed by atoms with Crippen molar-refractivity contribution in [3.8, 4) is 23.2 Å². The maximum Gasteiger partial charge on any atom is 0.163 e. The van der Waals surface area contributed by atoms with Crippen LogP contribution in [0, 0.1) is 32.1 Å². The van der Waals surface area contributed by atoms with Gasteiger partial charge in [0.15, 0.2) is 5.82 Å². The molecule has 2 aromatic rings. The van der Waals surface area contributed by atoms with Crippen molar-refractivity contribution in [3.63, 3.8) is 0 Å². The van der Waals surface area contributed by atoms with Gasteiger partial charge in [0, 0.05) is 11.6 Å². The third-order valence-corrected chi connectivity index (χ3v) is 3.33. The first-order valence-electron chi connectivity index (χ1n) is 6.17. The Balaban J connectivity index is 2.71. The largest absolute Gasteiger partial charge is 0.496 e. The van der Waals surface area contributed by atoms with Crippen LogP contribution in [0.25, 0.3) is 11.4 Å².